The smallest absolute Gasteiger partial charge is 0.262 e. The minimum Gasteiger partial charge on any atom is -0.350 e. The van der Waals surface area contributed by atoms with Gasteiger partial charge in [0.25, 0.3) is 5.56 Å². The highest BCUT2D eigenvalue weighted by Crippen LogP contribution is 2.33. The fourth-order valence-corrected chi connectivity index (χ4v) is 4.52. The average Bonchev–Trinajstić information content (AvgIpc) is 3.02. The Hall–Kier alpha value is -2.47. The van der Waals surface area contributed by atoms with E-state index in [2.05, 4.69) is 10.3 Å². The van der Waals surface area contributed by atoms with E-state index in [-0.39, 0.29) is 18.0 Å². The summed E-state index contributed by atoms with van der Waals surface area (Å²) in [7, 11) is 0. The highest BCUT2D eigenvalue weighted by atomic mass is 32.1. The number of carbonyl (C=O) groups is 1. The van der Waals surface area contributed by atoms with Gasteiger partial charge < -0.3 is 5.32 Å². The monoisotopic (exact) mass is 353 g/mol. The number of aromatic nitrogens is 2. The van der Waals surface area contributed by atoms with Crippen molar-refractivity contribution < 1.29 is 4.79 Å². The lowest BCUT2D eigenvalue weighted by Crippen LogP contribution is -2.32. The van der Waals surface area contributed by atoms with Crippen LogP contribution in [0.3, 0.4) is 0 Å². The molecule has 4 rings (SSSR count). The summed E-state index contributed by atoms with van der Waals surface area (Å²) in [6.45, 7) is 0.456. The van der Waals surface area contributed by atoms with Crippen LogP contribution in [0.5, 0.6) is 0 Å². The first-order valence-corrected chi connectivity index (χ1v) is 9.34. The van der Waals surface area contributed by atoms with E-state index in [0.29, 0.717) is 6.54 Å². The molecule has 2 aromatic heterocycles. The van der Waals surface area contributed by atoms with Crippen LogP contribution in [0.1, 0.15) is 28.8 Å². The third-order valence-electron chi connectivity index (χ3n) is 4.59. The Morgan fingerprint density at radius 2 is 2.00 bits per heavy atom. The number of fused-ring (bicyclic) bond motifs is 3. The second-order valence-corrected chi connectivity index (χ2v) is 7.41. The molecule has 0 spiro atoms. The molecule has 1 aliphatic carbocycles. The molecule has 0 atom stereocenters. The number of thiophene rings is 1. The van der Waals surface area contributed by atoms with E-state index in [1.165, 1.54) is 22.2 Å². The fourth-order valence-electron chi connectivity index (χ4n) is 3.30. The standard InChI is InChI=1S/C19H19N3O2S/c23-16(20-10-13-6-2-1-3-7-13)11-22-12-21-18-17(19(22)24)14-8-4-5-9-15(14)25-18/h1-3,6-7,12H,4-5,8-11H2,(H,20,23). The second-order valence-electron chi connectivity index (χ2n) is 6.33. The molecule has 2 heterocycles. The van der Waals surface area contributed by atoms with Crippen LogP contribution in [0.2, 0.25) is 0 Å². The van der Waals surface area contributed by atoms with Crippen LogP contribution in [-0.2, 0) is 30.7 Å². The first-order chi connectivity index (χ1) is 12.2. The first kappa shape index (κ1) is 16.0. The van der Waals surface area contributed by atoms with Crippen LogP contribution in [0.4, 0.5) is 0 Å². The molecule has 0 saturated heterocycles. The highest BCUT2D eigenvalue weighted by molar-refractivity contribution is 7.18. The van der Waals surface area contributed by atoms with Gasteiger partial charge in [-0.15, -0.1) is 11.3 Å². The van der Waals surface area contributed by atoms with Gasteiger partial charge in [-0.1, -0.05) is 30.3 Å². The van der Waals surface area contributed by atoms with Gasteiger partial charge in [0, 0.05) is 11.4 Å². The van der Waals surface area contributed by atoms with Crippen molar-refractivity contribution in [1.82, 2.24) is 14.9 Å². The molecule has 3 aromatic rings. The molecule has 1 N–H and O–H groups in total. The van der Waals surface area contributed by atoms with Gasteiger partial charge >= 0.3 is 0 Å². The van der Waals surface area contributed by atoms with Crippen molar-refractivity contribution in [3.8, 4) is 0 Å². The van der Waals surface area contributed by atoms with Crippen molar-refractivity contribution in [2.24, 2.45) is 0 Å². The summed E-state index contributed by atoms with van der Waals surface area (Å²) in [4.78, 5) is 31.5. The van der Waals surface area contributed by atoms with E-state index in [0.717, 1.165) is 40.6 Å². The van der Waals surface area contributed by atoms with Crippen LogP contribution >= 0.6 is 11.3 Å². The van der Waals surface area contributed by atoms with Crippen LogP contribution in [-0.4, -0.2) is 15.5 Å². The summed E-state index contributed by atoms with van der Waals surface area (Å²) in [5.74, 6) is -0.184. The van der Waals surface area contributed by atoms with E-state index in [4.69, 9.17) is 0 Å². The number of nitrogens with zero attached hydrogens (tertiary/aromatic N) is 2. The summed E-state index contributed by atoms with van der Waals surface area (Å²) in [5.41, 5.74) is 2.09. The van der Waals surface area contributed by atoms with Crippen LogP contribution in [0.15, 0.2) is 41.5 Å². The zero-order valence-corrected chi connectivity index (χ0v) is 14.6. The predicted molar refractivity (Wildman–Crippen MR) is 98.8 cm³/mol. The Morgan fingerprint density at radius 3 is 2.84 bits per heavy atom. The number of carbonyl (C=O) groups excluding carboxylic acids is 1. The third-order valence-corrected chi connectivity index (χ3v) is 5.79. The van der Waals surface area contributed by atoms with Crippen molar-refractivity contribution in [3.05, 3.63) is 63.0 Å². The number of benzene rings is 1. The Kier molecular flexibility index (Phi) is 4.36. The molecule has 0 radical (unpaired) electrons. The number of amides is 1. The molecular formula is C19H19N3O2S. The van der Waals surface area contributed by atoms with Gasteiger partial charge in [0.2, 0.25) is 5.91 Å². The molecule has 25 heavy (non-hydrogen) atoms. The van der Waals surface area contributed by atoms with Crippen LogP contribution < -0.4 is 10.9 Å². The zero-order valence-electron chi connectivity index (χ0n) is 13.8. The number of hydrogen-bond donors (Lipinski definition) is 1. The van der Waals surface area contributed by atoms with Gasteiger partial charge in [0.15, 0.2) is 0 Å². The van der Waals surface area contributed by atoms with E-state index >= 15 is 0 Å². The zero-order chi connectivity index (χ0) is 17.2. The molecule has 0 saturated carbocycles. The molecule has 6 heteroatoms. The molecule has 1 aliphatic rings. The number of aryl methyl sites for hydroxylation is 2. The lowest BCUT2D eigenvalue weighted by Gasteiger charge is -2.10. The Morgan fingerprint density at radius 1 is 1.20 bits per heavy atom. The minimum absolute atomic E-state index is 0.000767. The Bertz CT molecular complexity index is 975. The molecule has 1 amide bonds. The maximum absolute atomic E-state index is 12.8. The molecular weight excluding hydrogens is 334 g/mol. The van der Waals surface area contributed by atoms with Gasteiger partial charge in [0.1, 0.15) is 11.4 Å². The normalized spacial score (nSPS) is 13.6. The maximum Gasteiger partial charge on any atom is 0.262 e. The fraction of sp³-hybridized carbons (Fsp3) is 0.316. The SMILES string of the molecule is O=C(Cn1cnc2sc3c(c2c1=O)CCCC3)NCc1ccccc1. The number of rotatable bonds is 4. The van der Waals surface area contributed by atoms with E-state index in [1.54, 1.807) is 11.3 Å². The summed E-state index contributed by atoms with van der Waals surface area (Å²) < 4.78 is 1.42. The summed E-state index contributed by atoms with van der Waals surface area (Å²) in [5, 5.41) is 3.58. The first-order valence-electron chi connectivity index (χ1n) is 8.52. The Balaban J connectivity index is 1.54. The minimum atomic E-state index is -0.184. The molecule has 0 fully saturated rings. The largest absolute Gasteiger partial charge is 0.350 e. The van der Waals surface area contributed by atoms with Gasteiger partial charge in [-0.25, -0.2) is 4.98 Å². The van der Waals surface area contributed by atoms with Crippen molar-refractivity contribution in [1.29, 1.82) is 0 Å². The quantitative estimate of drug-likeness (QED) is 0.784. The van der Waals surface area contributed by atoms with Crippen molar-refractivity contribution in [2.75, 3.05) is 0 Å². The topological polar surface area (TPSA) is 64.0 Å². The average molecular weight is 353 g/mol. The van der Waals surface area contributed by atoms with Gasteiger partial charge in [-0.2, -0.15) is 0 Å². The summed E-state index contributed by atoms with van der Waals surface area (Å²) in [6, 6.07) is 9.72. The molecule has 0 aliphatic heterocycles. The molecule has 1 aromatic carbocycles. The summed E-state index contributed by atoms with van der Waals surface area (Å²) >= 11 is 1.62. The molecule has 0 bridgehead atoms. The molecule has 128 valence electrons. The Labute approximate surface area is 149 Å². The lowest BCUT2D eigenvalue weighted by atomic mass is 9.97. The maximum atomic E-state index is 12.8. The van der Waals surface area contributed by atoms with Gasteiger partial charge in [-0.3, -0.25) is 14.2 Å². The molecule has 0 unspecified atom stereocenters. The van der Waals surface area contributed by atoms with Gasteiger partial charge in [-0.05, 0) is 36.8 Å². The lowest BCUT2D eigenvalue weighted by molar-refractivity contribution is -0.121. The van der Waals surface area contributed by atoms with Crippen molar-refractivity contribution in [3.63, 3.8) is 0 Å². The van der Waals surface area contributed by atoms with Crippen LogP contribution in [0.25, 0.3) is 10.2 Å². The van der Waals surface area contributed by atoms with Gasteiger partial charge in [0.05, 0.1) is 11.7 Å². The summed E-state index contributed by atoms with van der Waals surface area (Å²) in [6.07, 6.45) is 5.76. The molecule has 5 nitrogen and oxygen atoms in total. The van der Waals surface area contributed by atoms with E-state index in [9.17, 15) is 9.59 Å². The predicted octanol–water partition coefficient (Wildman–Crippen LogP) is 2.65. The number of hydrogen-bond acceptors (Lipinski definition) is 4. The highest BCUT2D eigenvalue weighted by Gasteiger charge is 2.20. The van der Waals surface area contributed by atoms with Crippen LogP contribution in [0, 0.1) is 0 Å². The third kappa shape index (κ3) is 3.22. The number of nitrogens with one attached hydrogen (secondary N) is 1. The van der Waals surface area contributed by atoms with E-state index in [1.807, 2.05) is 30.3 Å². The second kappa shape index (κ2) is 6.80. The van der Waals surface area contributed by atoms with Crippen molar-refractivity contribution >= 4 is 27.5 Å². The van der Waals surface area contributed by atoms with Crippen molar-refractivity contribution in [2.45, 2.75) is 38.8 Å². The van der Waals surface area contributed by atoms with E-state index < -0.39 is 0 Å².